The van der Waals surface area contributed by atoms with Gasteiger partial charge >= 0.3 is 0 Å². The van der Waals surface area contributed by atoms with E-state index < -0.39 is 0 Å². The third kappa shape index (κ3) is 5.15. The topological polar surface area (TPSA) is 110 Å². The van der Waals surface area contributed by atoms with Gasteiger partial charge in [-0.3, -0.25) is 9.20 Å². The van der Waals surface area contributed by atoms with E-state index in [4.69, 9.17) is 19.1 Å². The van der Waals surface area contributed by atoms with Gasteiger partial charge in [-0.25, -0.2) is 15.0 Å². The fourth-order valence-electron chi connectivity index (χ4n) is 4.83. The molecule has 2 aromatic carbocycles. The van der Waals surface area contributed by atoms with Crippen molar-refractivity contribution in [1.82, 2.24) is 19.4 Å². The van der Waals surface area contributed by atoms with Gasteiger partial charge in [-0.1, -0.05) is 12.1 Å². The largest absolute Gasteiger partial charge is 0.459 e. The Labute approximate surface area is 239 Å². The average Bonchev–Trinajstić information content (AvgIpc) is 3.77. The van der Waals surface area contributed by atoms with E-state index in [-0.39, 0.29) is 11.7 Å². The van der Waals surface area contributed by atoms with E-state index >= 15 is 0 Å². The highest BCUT2D eigenvalue weighted by Crippen LogP contribution is 2.35. The molecule has 0 aliphatic carbocycles. The number of anilines is 4. The van der Waals surface area contributed by atoms with Crippen LogP contribution in [0.2, 0.25) is 0 Å². The molecule has 1 amide bonds. The molecule has 1 saturated heterocycles. The van der Waals surface area contributed by atoms with Crippen molar-refractivity contribution in [2.24, 2.45) is 0 Å². The van der Waals surface area contributed by atoms with E-state index in [1.165, 1.54) is 12.0 Å². The molecule has 7 rings (SSSR count). The van der Waals surface area contributed by atoms with Crippen LogP contribution in [0.3, 0.4) is 0 Å². The standard InChI is InChI=1S/C30H25N7O3S/c38-28(25-5-2-15-40-25)32-22-4-1-3-20(19-22)26-27(37-14-18-41-30(37)35-26)24-10-11-31-29(34-24)33-21-6-8-23(9-7-21)36-12-16-39-17-13-36/h1-11,14-15,18-19H,12-13,16-17H2,(H,32,38)(H,31,33,34). The third-order valence-electron chi connectivity index (χ3n) is 6.80. The summed E-state index contributed by atoms with van der Waals surface area (Å²) < 4.78 is 12.7. The van der Waals surface area contributed by atoms with E-state index in [0.29, 0.717) is 11.6 Å². The number of benzene rings is 2. The van der Waals surface area contributed by atoms with Gasteiger partial charge in [0, 0.05) is 53.5 Å². The summed E-state index contributed by atoms with van der Waals surface area (Å²) in [5.74, 6) is 0.412. The van der Waals surface area contributed by atoms with Crippen LogP contribution < -0.4 is 15.5 Å². The molecule has 1 fully saturated rings. The summed E-state index contributed by atoms with van der Waals surface area (Å²) in [4.78, 5) is 29.9. The van der Waals surface area contributed by atoms with Crippen LogP contribution in [0.25, 0.3) is 27.6 Å². The van der Waals surface area contributed by atoms with Gasteiger partial charge in [0.15, 0.2) is 10.7 Å². The number of furan rings is 1. The van der Waals surface area contributed by atoms with Crippen molar-refractivity contribution in [2.75, 3.05) is 41.8 Å². The summed E-state index contributed by atoms with van der Waals surface area (Å²) in [5, 5.41) is 8.22. The Balaban J connectivity index is 1.18. The molecule has 10 nitrogen and oxygen atoms in total. The Morgan fingerprint density at radius 1 is 0.951 bits per heavy atom. The number of thiazole rings is 1. The molecule has 4 aromatic heterocycles. The molecule has 0 atom stereocenters. The SMILES string of the molecule is O=C(Nc1cccc(-c2nc3sccn3c2-c2ccnc(Nc3ccc(N4CCOCC4)cc3)n2)c1)c1ccco1. The van der Waals surface area contributed by atoms with Crippen LogP contribution in [0, 0.1) is 0 Å². The Morgan fingerprint density at radius 2 is 1.83 bits per heavy atom. The van der Waals surface area contributed by atoms with Gasteiger partial charge in [0.05, 0.1) is 30.9 Å². The molecule has 0 unspecified atom stereocenters. The number of imidazole rings is 1. The number of rotatable bonds is 7. The smallest absolute Gasteiger partial charge is 0.291 e. The molecule has 0 radical (unpaired) electrons. The lowest BCUT2D eigenvalue weighted by Crippen LogP contribution is -2.36. The van der Waals surface area contributed by atoms with E-state index in [2.05, 4.69) is 32.7 Å². The number of amides is 1. The van der Waals surface area contributed by atoms with Crippen LogP contribution in [0.4, 0.5) is 23.0 Å². The molecule has 5 heterocycles. The zero-order chi connectivity index (χ0) is 27.6. The lowest BCUT2D eigenvalue weighted by molar-refractivity contribution is 0.0996. The van der Waals surface area contributed by atoms with Gasteiger partial charge in [0.1, 0.15) is 5.69 Å². The number of hydrogen-bond acceptors (Lipinski definition) is 9. The Kier molecular flexibility index (Phi) is 6.63. The minimum atomic E-state index is -0.317. The van der Waals surface area contributed by atoms with Crippen LogP contribution in [-0.4, -0.2) is 51.6 Å². The summed E-state index contributed by atoms with van der Waals surface area (Å²) in [6.07, 6.45) is 5.19. The highest BCUT2D eigenvalue weighted by Gasteiger charge is 2.19. The molecule has 2 N–H and O–H groups in total. The van der Waals surface area contributed by atoms with Crippen LogP contribution >= 0.6 is 11.3 Å². The van der Waals surface area contributed by atoms with Crippen LogP contribution in [-0.2, 0) is 4.74 Å². The molecule has 0 bridgehead atoms. The van der Waals surface area contributed by atoms with Crippen LogP contribution in [0.1, 0.15) is 10.6 Å². The number of hydrogen-bond donors (Lipinski definition) is 2. The van der Waals surface area contributed by atoms with Crippen molar-refractivity contribution in [1.29, 1.82) is 0 Å². The molecule has 6 aromatic rings. The molecular weight excluding hydrogens is 538 g/mol. The molecule has 0 spiro atoms. The molecule has 11 heteroatoms. The first-order chi connectivity index (χ1) is 20.2. The predicted molar refractivity (Wildman–Crippen MR) is 159 cm³/mol. The first-order valence-corrected chi connectivity index (χ1v) is 14.0. The summed E-state index contributed by atoms with van der Waals surface area (Å²) in [6, 6.07) is 21.0. The van der Waals surface area contributed by atoms with Crippen molar-refractivity contribution in [3.05, 3.63) is 96.5 Å². The monoisotopic (exact) mass is 563 g/mol. The summed E-state index contributed by atoms with van der Waals surface area (Å²) in [6.45, 7) is 3.28. The fourth-order valence-corrected chi connectivity index (χ4v) is 5.55. The number of nitrogens with zero attached hydrogens (tertiary/aromatic N) is 5. The normalized spacial score (nSPS) is 13.4. The molecule has 204 valence electrons. The van der Waals surface area contributed by atoms with Crippen molar-refractivity contribution in [2.45, 2.75) is 0 Å². The Morgan fingerprint density at radius 3 is 2.66 bits per heavy atom. The van der Waals surface area contributed by atoms with Gasteiger partial charge < -0.3 is 24.7 Å². The molecule has 0 saturated carbocycles. The number of carbonyl (C=O) groups excluding carboxylic acids is 1. The average molecular weight is 564 g/mol. The number of carbonyl (C=O) groups is 1. The van der Waals surface area contributed by atoms with Crippen molar-refractivity contribution in [3.8, 4) is 22.6 Å². The van der Waals surface area contributed by atoms with Gasteiger partial charge in [-0.2, -0.15) is 0 Å². The number of nitrogens with one attached hydrogen (secondary N) is 2. The third-order valence-corrected chi connectivity index (χ3v) is 7.56. The summed E-state index contributed by atoms with van der Waals surface area (Å²) in [7, 11) is 0. The second-order valence-corrected chi connectivity index (χ2v) is 10.3. The van der Waals surface area contributed by atoms with Crippen molar-refractivity contribution >= 4 is 45.2 Å². The zero-order valence-corrected chi connectivity index (χ0v) is 22.7. The number of fused-ring (bicyclic) bond motifs is 1. The van der Waals surface area contributed by atoms with Crippen LogP contribution in [0.15, 0.2) is 95.2 Å². The van der Waals surface area contributed by atoms with E-state index in [1.54, 1.807) is 29.7 Å². The first-order valence-electron chi connectivity index (χ1n) is 13.2. The molecule has 1 aliphatic rings. The fraction of sp³-hybridized carbons (Fsp3) is 0.133. The second kappa shape index (κ2) is 10.9. The maximum atomic E-state index is 12.5. The van der Waals surface area contributed by atoms with Gasteiger partial charge in [-0.15, -0.1) is 11.3 Å². The van der Waals surface area contributed by atoms with Gasteiger partial charge in [0.25, 0.3) is 5.91 Å². The minimum Gasteiger partial charge on any atom is -0.459 e. The number of morpholine rings is 1. The van der Waals surface area contributed by atoms with Gasteiger partial charge in [-0.05, 0) is 54.6 Å². The second-order valence-electron chi connectivity index (χ2n) is 9.41. The maximum absolute atomic E-state index is 12.5. The minimum absolute atomic E-state index is 0.246. The van der Waals surface area contributed by atoms with E-state index in [9.17, 15) is 4.79 Å². The lowest BCUT2D eigenvalue weighted by Gasteiger charge is -2.28. The quantitative estimate of drug-likeness (QED) is 0.245. The molecular formula is C30H25N7O3S. The summed E-state index contributed by atoms with van der Waals surface area (Å²) in [5.41, 5.74) is 5.86. The Hall–Kier alpha value is -5.00. The molecule has 1 aliphatic heterocycles. The van der Waals surface area contributed by atoms with E-state index in [1.807, 2.05) is 58.4 Å². The highest BCUT2D eigenvalue weighted by molar-refractivity contribution is 7.15. The first kappa shape index (κ1) is 25.0. The van der Waals surface area contributed by atoms with Crippen LogP contribution in [0.5, 0.6) is 0 Å². The zero-order valence-electron chi connectivity index (χ0n) is 21.9. The summed E-state index contributed by atoms with van der Waals surface area (Å²) >= 11 is 1.54. The predicted octanol–water partition coefficient (Wildman–Crippen LogP) is 5.95. The number of aromatic nitrogens is 4. The van der Waals surface area contributed by atoms with Crippen molar-refractivity contribution < 1.29 is 13.9 Å². The maximum Gasteiger partial charge on any atom is 0.291 e. The highest BCUT2D eigenvalue weighted by atomic mass is 32.1. The van der Waals surface area contributed by atoms with Gasteiger partial charge in [0.2, 0.25) is 5.95 Å². The lowest BCUT2D eigenvalue weighted by atomic mass is 10.1. The Bertz CT molecular complexity index is 1810. The number of ether oxygens (including phenoxy) is 1. The van der Waals surface area contributed by atoms with Crippen molar-refractivity contribution in [3.63, 3.8) is 0 Å². The molecule has 41 heavy (non-hydrogen) atoms. The van der Waals surface area contributed by atoms with E-state index in [0.717, 1.165) is 59.6 Å².